The molecule has 10 rings (SSSR count). The van der Waals surface area contributed by atoms with Gasteiger partial charge < -0.3 is 14.4 Å². The minimum absolute atomic E-state index is 0.378. The van der Waals surface area contributed by atoms with E-state index >= 15 is 0 Å². The van der Waals surface area contributed by atoms with Crippen molar-refractivity contribution in [3.63, 3.8) is 0 Å². The Morgan fingerprint density at radius 2 is 1.07 bits per heavy atom. The first-order valence-electron chi connectivity index (χ1n) is 19.7. The molecule has 9 aromatic carbocycles. The molecule has 0 spiro atoms. The van der Waals surface area contributed by atoms with E-state index in [0.29, 0.717) is 23.1 Å². The molecule has 6 heteroatoms. The van der Waals surface area contributed by atoms with E-state index in [0.717, 1.165) is 93.5 Å². The molecule has 0 saturated carbocycles. The number of methoxy groups -OCH3 is 2. The summed E-state index contributed by atoms with van der Waals surface area (Å²) in [6, 6.07) is 48.7. The van der Waals surface area contributed by atoms with Crippen LogP contribution in [0, 0.1) is 23.7 Å². The largest absolute Gasteiger partial charge is 0.497 e. The van der Waals surface area contributed by atoms with Crippen LogP contribution in [-0.2, 0) is 6.54 Å². The Hall–Kier alpha value is -8.06. The fraction of sp³-hybridized carbons (Fsp3) is 0.0741. The van der Waals surface area contributed by atoms with Gasteiger partial charge in [-0.25, -0.2) is 0 Å². The number of carbonyl (C=O) groups excluding carboxylic acids is 2. The maximum absolute atomic E-state index is 12.7. The highest BCUT2D eigenvalue weighted by Crippen LogP contribution is 2.37. The van der Waals surface area contributed by atoms with Gasteiger partial charge in [0.2, 0.25) is 0 Å². The first-order chi connectivity index (χ1) is 29.4. The number of anilines is 1. The first-order valence-corrected chi connectivity index (χ1v) is 19.7. The summed E-state index contributed by atoms with van der Waals surface area (Å²) in [6.07, 6.45) is 0. The van der Waals surface area contributed by atoms with E-state index in [-0.39, 0.29) is 11.8 Å². The smallest absolute Gasteiger partial charge is 0.258 e. The number of carbonyl (C=O) groups is 2. The zero-order valence-electron chi connectivity index (χ0n) is 33.1. The number of fused-ring (bicyclic) bond motifs is 4. The SMILES string of the molecule is COc1ccc2c(C#Cc3c4ccccc4c(C#Cc4ccc(CN(C)c5ccc6c7c(cccc57)C(=O)NC6=O)c5cc(OC)ccc45)c4ccccc34)cccc2c1. The third-order valence-electron chi connectivity index (χ3n) is 11.5. The van der Waals surface area contributed by atoms with Crippen molar-refractivity contribution in [3.8, 4) is 35.2 Å². The van der Waals surface area contributed by atoms with Crippen LogP contribution in [0.15, 0.2) is 146 Å². The average molecular weight is 777 g/mol. The summed E-state index contributed by atoms with van der Waals surface area (Å²) >= 11 is 0. The van der Waals surface area contributed by atoms with Gasteiger partial charge in [0.1, 0.15) is 11.5 Å². The van der Waals surface area contributed by atoms with Crippen LogP contribution in [0.1, 0.15) is 48.5 Å². The molecule has 2 amide bonds. The van der Waals surface area contributed by atoms with E-state index in [9.17, 15) is 9.59 Å². The standard InChI is InChI=1S/C54H36N2O4/c1-56(51-29-28-49-52-47(51)16-9-17-48(52)53(57)55-54(49)58)32-36-19-18-34(40-27-23-38(60-3)31-50(36)40)21-25-46-43-14-6-4-12-41(43)45(42-13-5-7-15-44(42)46)24-20-33-10-8-11-35-30-37(59-2)22-26-39(33)35/h4-19,22-23,26-31H,32H2,1-3H3,(H,55,57,58). The number of rotatable bonds is 5. The lowest BCUT2D eigenvalue weighted by molar-refractivity contribution is 0.0845. The molecule has 0 bridgehead atoms. The molecule has 0 radical (unpaired) electrons. The molecular weight excluding hydrogens is 741 g/mol. The van der Waals surface area contributed by atoms with Gasteiger partial charge in [-0.3, -0.25) is 14.9 Å². The van der Waals surface area contributed by atoms with E-state index in [1.54, 1.807) is 26.4 Å². The van der Waals surface area contributed by atoms with Gasteiger partial charge in [-0.1, -0.05) is 103 Å². The van der Waals surface area contributed by atoms with Crippen LogP contribution in [0.4, 0.5) is 5.69 Å². The fourth-order valence-electron chi connectivity index (χ4n) is 8.60. The fourth-order valence-corrected chi connectivity index (χ4v) is 8.60. The molecule has 9 aromatic rings. The summed E-state index contributed by atoms with van der Waals surface area (Å²) in [5, 5.41) is 12.4. The van der Waals surface area contributed by atoms with Crippen LogP contribution in [-0.4, -0.2) is 33.1 Å². The number of amides is 2. The van der Waals surface area contributed by atoms with Crippen LogP contribution in [0.5, 0.6) is 11.5 Å². The van der Waals surface area contributed by atoms with Crippen molar-refractivity contribution in [3.05, 3.63) is 185 Å². The van der Waals surface area contributed by atoms with Crippen LogP contribution in [0.3, 0.4) is 0 Å². The van der Waals surface area contributed by atoms with Crippen molar-refractivity contribution in [1.29, 1.82) is 0 Å². The maximum Gasteiger partial charge on any atom is 0.258 e. The molecule has 0 aromatic heterocycles. The molecule has 0 aliphatic carbocycles. The molecule has 1 aliphatic rings. The number of nitrogens with zero attached hydrogens (tertiary/aromatic N) is 1. The molecule has 286 valence electrons. The quantitative estimate of drug-likeness (QED) is 0.107. The number of ether oxygens (including phenoxy) is 2. The van der Waals surface area contributed by atoms with E-state index in [1.165, 1.54) is 0 Å². The Bertz CT molecular complexity index is 3360. The van der Waals surface area contributed by atoms with E-state index in [2.05, 4.69) is 125 Å². The van der Waals surface area contributed by atoms with Gasteiger partial charge in [-0.05, 0) is 115 Å². The lowest BCUT2D eigenvalue weighted by Crippen LogP contribution is -2.34. The first kappa shape index (κ1) is 36.3. The molecule has 0 fully saturated rings. The summed E-state index contributed by atoms with van der Waals surface area (Å²) in [5.41, 5.74) is 6.77. The topological polar surface area (TPSA) is 67.9 Å². The minimum atomic E-state index is -0.378. The van der Waals surface area contributed by atoms with Gasteiger partial charge in [0.25, 0.3) is 11.8 Å². The summed E-state index contributed by atoms with van der Waals surface area (Å²) < 4.78 is 11.2. The zero-order chi connectivity index (χ0) is 40.9. The van der Waals surface area contributed by atoms with Gasteiger partial charge in [0, 0.05) is 63.4 Å². The Kier molecular flexibility index (Phi) is 8.90. The molecule has 1 N–H and O–H groups in total. The number of hydrogen-bond donors (Lipinski definition) is 1. The summed E-state index contributed by atoms with van der Waals surface area (Å²) in [4.78, 5) is 27.6. The van der Waals surface area contributed by atoms with Crippen LogP contribution in [0.25, 0.3) is 53.9 Å². The van der Waals surface area contributed by atoms with Gasteiger partial charge in [-0.2, -0.15) is 0 Å². The zero-order valence-corrected chi connectivity index (χ0v) is 33.1. The van der Waals surface area contributed by atoms with Gasteiger partial charge in [0.15, 0.2) is 0 Å². The van der Waals surface area contributed by atoms with Crippen LogP contribution in [0.2, 0.25) is 0 Å². The third-order valence-corrected chi connectivity index (χ3v) is 11.5. The summed E-state index contributed by atoms with van der Waals surface area (Å²) in [5.74, 6) is 15.1. The molecule has 1 heterocycles. The second-order valence-corrected chi connectivity index (χ2v) is 14.9. The van der Waals surface area contributed by atoms with E-state index < -0.39 is 0 Å². The maximum atomic E-state index is 12.7. The number of hydrogen-bond acceptors (Lipinski definition) is 5. The Morgan fingerprint density at radius 1 is 0.500 bits per heavy atom. The van der Waals surface area contributed by atoms with Crippen molar-refractivity contribution in [2.45, 2.75) is 6.54 Å². The van der Waals surface area contributed by atoms with Crippen molar-refractivity contribution in [2.75, 3.05) is 26.2 Å². The Balaban J connectivity index is 1.06. The molecule has 1 aliphatic heterocycles. The normalized spacial score (nSPS) is 11.9. The predicted octanol–water partition coefficient (Wildman–Crippen LogP) is 10.8. The highest BCUT2D eigenvalue weighted by molar-refractivity contribution is 6.27. The number of benzene rings is 9. The monoisotopic (exact) mass is 776 g/mol. The Labute approximate surface area is 347 Å². The van der Waals surface area contributed by atoms with Gasteiger partial charge in [0.05, 0.1) is 14.2 Å². The van der Waals surface area contributed by atoms with Crippen molar-refractivity contribution in [1.82, 2.24) is 5.32 Å². The lowest BCUT2D eigenvalue weighted by Gasteiger charge is -2.25. The highest BCUT2D eigenvalue weighted by Gasteiger charge is 2.26. The van der Waals surface area contributed by atoms with Crippen molar-refractivity contribution < 1.29 is 19.1 Å². The van der Waals surface area contributed by atoms with E-state index in [4.69, 9.17) is 9.47 Å². The predicted molar refractivity (Wildman–Crippen MR) is 242 cm³/mol. The Morgan fingerprint density at radius 3 is 1.72 bits per heavy atom. The molecular formula is C54H36N2O4. The number of nitrogens with one attached hydrogen (secondary N) is 1. The molecule has 0 atom stereocenters. The van der Waals surface area contributed by atoms with Gasteiger partial charge in [-0.15, -0.1) is 0 Å². The van der Waals surface area contributed by atoms with Crippen molar-refractivity contribution in [2.24, 2.45) is 0 Å². The highest BCUT2D eigenvalue weighted by atomic mass is 16.5. The molecule has 60 heavy (non-hydrogen) atoms. The van der Waals surface area contributed by atoms with E-state index in [1.807, 2.05) is 49.5 Å². The average Bonchev–Trinajstić information content (AvgIpc) is 3.29. The van der Waals surface area contributed by atoms with Crippen molar-refractivity contribution >= 4 is 71.4 Å². The summed E-state index contributed by atoms with van der Waals surface area (Å²) in [7, 11) is 5.38. The second-order valence-electron chi connectivity index (χ2n) is 14.9. The van der Waals surface area contributed by atoms with Crippen LogP contribution >= 0.6 is 0 Å². The second kappa shape index (κ2) is 14.7. The molecule has 0 saturated heterocycles. The van der Waals surface area contributed by atoms with Gasteiger partial charge >= 0.3 is 0 Å². The molecule has 0 unspecified atom stereocenters. The molecule has 6 nitrogen and oxygen atoms in total. The third kappa shape index (κ3) is 6.11. The lowest BCUT2D eigenvalue weighted by atomic mass is 9.91. The van der Waals surface area contributed by atoms with Crippen LogP contribution < -0.4 is 19.7 Å². The minimum Gasteiger partial charge on any atom is -0.497 e. The number of imide groups is 1. The summed E-state index contributed by atoms with van der Waals surface area (Å²) in [6.45, 7) is 0.556.